The minimum atomic E-state index is -0.964. The molecule has 8 heteroatoms. The summed E-state index contributed by atoms with van der Waals surface area (Å²) in [4.78, 5) is 40.1. The minimum absolute atomic E-state index is 0.0987. The molecule has 0 spiro atoms. The van der Waals surface area contributed by atoms with E-state index in [0.29, 0.717) is 30.3 Å². The van der Waals surface area contributed by atoms with E-state index in [1.807, 2.05) is 70.2 Å². The van der Waals surface area contributed by atoms with Crippen LogP contribution < -0.4 is 5.32 Å². The second kappa shape index (κ2) is 10.1. The number of rotatable bonds is 7. The van der Waals surface area contributed by atoms with E-state index in [0.717, 1.165) is 11.1 Å². The number of likely N-dealkylation sites (tertiary alicyclic amines) is 1. The fraction of sp³-hybridized carbons (Fsp3) is 0.379. The van der Waals surface area contributed by atoms with Crippen molar-refractivity contribution in [3.8, 4) is 11.3 Å². The summed E-state index contributed by atoms with van der Waals surface area (Å²) >= 11 is 6.04. The molecule has 1 aliphatic rings. The summed E-state index contributed by atoms with van der Waals surface area (Å²) in [5.74, 6) is 0.302. The molecule has 1 saturated heterocycles. The first kappa shape index (κ1) is 26.6. The van der Waals surface area contributed by atoms with Gasteiger partial charge in [0.1, 0.15) is 11.3 Å². The predicted molar refractivity (Wildman–Crippen MR) is 144 cm³/mol. The van der Waals surface area contributed by atoms with Gasteiger partial charge in [-0.1, -0.05) is 73.1 Å². The Balaban J connectivity index is 1.41. The second-order valence-electron chi connectivity index (χ2n) is 11.0. The topological polar surface area (TPSA) is 92.0 Å². The molecule has 37 heavy (non-hydrogen) atoms. The molecule has 1 aliphatic heterocycles. The summed E-state index contributed by atoms with van der Waals surface area (Å²) in [7, 11) is 0. The van der Waals surface area contributed by atoms with Crippen molar-refractivity contribution >= 4 is 23.4 Å². The van der Waals surface area contributed by atoms with Crippen LogP contribution in [0.25, 0.3) is 11.3 Å². The van der Waals surface area contributed by atoms with E-state index < -0.39 is 16.5 Å². The van der Waals surface area contributed by atoms with Crippen molar-refractivity contribution in [3.63, 3.8) is 0 Å². The maximum Gasteiger partial charge on any atom is 0.287 e. The number of carbonyl (C=O) groups excluding carboxylic acids is 2. The van der Waals surface area contributed by atoms with Gasteiger partial charge < -0.3 is 14.6 Å². The van der Waals surface area contributed by atoms with Gasteiger partial charge in [-0.15, -0.1) is 4.91 Å². The SMILES string of the molecule is CC(C)(CC(=O)N1CC[C@](N=O)(c2ccc(Cl)cc2)C(C)(C)C1)NC(=O)c1ccc(-c2ccccc2)o1. The first-order valence-corrected chi connectivity index (χ1v) is 12.7. The molecule has 2 amide bonds. The Bertz CT molecular complexity index is 1280. The van der Waals surface area contributed by atoms with Gasteiger partial charge in [-0.3, -0.25) is 9.59 Å². The van der Waals surface area contributed by atoms with Crippen molar-refractivity contribution in [2.75, 3.05) is 13.1 Å². The highest BCUT2D eigenvalue weighted by Gasteiger charge is 2.52. The smallest absolute Gasteiger partial charge is 0.287 e. The summed E-state index contributed by atoms with van der Waals surface area (Å²) in [5.41, 5.74) is -0.709. The van der Waals surface area contributed by atoms with Crippen LogP contribution in [0.5, 0.6) is 0 Å². The zero-order chi connectivity index (χ0) is 26.8. The molecule has 0 saturated carbocycles. The van der Waals surface area contributed by atoms with Crippen LogP contribution in [0.15, 0.2) is 76.3 Å². The monoisotopic (exact) mass is 521 g/mol. The van der Waals surface area contributed by atoms with Gasteiger partial charge in [-0.2, -0.15) is 0 Å². The molecule has 2 heterocycles. The summed E-state index contributed by atoms with van der Waals surface area (Å²) in [6.07, 6.45) is 0.502. The molecule has 7 nitrogen and oxygen atoms in total. The number of nitroso groups, excluding NO2 is 1. The molecular weight excluding hydrogens is 490 g/mol. The van der Waals surface area contributed by atoms with Gasteiger partial charge >= 0.3 is 0 Å². The van der Waals surface area contributed by atoms with Crippen LogP contribution in [-0.2, 0) is 10.3 Å². The van der Waals surface area contributed by atoms with E-state index in [1.54, 1.807) is 29.2 Å². The lowest BCUT2D eigenvalue weighted by Crippen LogP contribution is -2.57. The van der Waals surface area contributed by atoms with Gasteiger partial charge in [0.2, 0.25) is 5.91 Å². The Hall–Kier alpha value is -3.45. The van der Waals surface area contributed by atoms with Crippen LogP contribution in [0.2, 0.25) is 5.02 Å². The highest BCUT2D eigenvalue weighted by Crippen LogP contribution is 2.49. The number of nitrogens with zero attached hydrogens (tertiary/aromatic N) is 2. The van der Waals surface area contributed by atoms with Gasteiger partial charge in [0.25, 0.3) is 5.91 Å². The fourth-order valence-corrected chi connectivity index (χ4v) is 5.26. The van der Waals surface area contributed by atoms with E-state index in [2.05, 4.69) is 10.5 Å². The van der Waals surface area contributed by atoms with E-state index >= 15 is 0 Å². The number of benzene rings is 2. The molecule has 0 radical (unpaired) electrons. The molecule has 1 aromatic heterocycles. The standard InChI is InChI=1S/C29H32ClN3O4/c1-27(2)19-33(17-16-29(27,32-36)21-10-12-22(30)13-11-21)25(34)18-28(3,4)31-26(35)24-15-14-23(37-24)20-8-6-5-7-9-20/h5-15H,16-19H2,1-4H3,(H,31,35)/t29-/m0/s1. The van der Waals surface area contributed by atoms with Crippen LogP contribution in [0, 0.1) is 10.3 Å². The Morgan fingerprint density at radius 1 is 1.05 bits per heavy atom. The molecule has 2 aromatic carbocycles. The van der Waals surface area contributed by atoms with E-state index in [-0.39, 0.29) is 24.0 Å². The minimum Gasteiger partial charge on any atom is -0.451 e. The summed E-state index contributed by atoms with van der Waals surface area (Å²) in [6.45, 7) is 8.28. The first-order chi connectivity index (χ1) is 17.5. The van der Waals surface area contributed by atoms with E-state index in [1.165, 1.54) is 0 Å². The highest BCUT2D eigenvalue weighted by molar-refractivity contribution is 6.30. The van der Waals surface area contributed by atoms with Crippen molar-refractivity contribution in [3.05, 3.63) is 88.0 Å². The molecule has 194 valence electrons. The zero-order valence-electron chi connectivity index (χ0n) is 21.6. The largest absolute Gasteiger partial charge is 0.451 e. The van der Waals surface area contributed by atoms with Crippen LogP contribution in [0.3, 0.4) is 0 Å². The summed E-state index contributed by atoms with van der Waals surface area (Å²) < 4.78 is 5.75. The molecule has 0 unspecified atom stereocenters. The number of hydrogen-bond acceptors (Lipinski definition) is 5. The van der Waals surface area contributed by atoms with Crippen molar-refractivity contribution in [2.45, 2.75) is 51.6 Å². The maximum atomic E-state index is 13.3. The van der Waals surface area contributed by atoms with Gasteiger partial charge in [0, 0.05) is 41.1 Å². The molecule has 4 rings (SSSR count). The third kappa shape index (κ3) is 5.47. The third-order valence-corrected chi connectivity index (χ3v) is 7.46. The van der Waals surface area contributed by atoms with Crippen LogP contribution in [0.4, 0.5) is 0 Å². The summed E-state index contributed by atoms with van der Waals surface area (Å²) in [5, 5.41) is 7.11. The number of halogens is 1. The lowest BCUT2D eigenvalue weighted by molar-refractivity contribution is -0.137. The normalized spacial score (nSPS) is 19.3. The Morgan fingerprint density at radius 2 is 1.73 bits per heavy atom. The quantitative estimate of drug-likeness (QED) is 0.363. The lowest BCUT2D eigenvalue weighted by atomic mass is 9.64. The molecule has 3 aromatic rings. The highest BCUT2D eigenvalue weighted by atomic mass is 35.5. The first-order valence-electron chi connectivity index (χ1n) is 12.3. The number of furan rings is 1. The van der Waals surface area contributed by atoms with Crippen molar-refractivity contribution < 1.29 is 14.0 Å². The molecule has 1 fully saturated rings. The van der Waals surface area contributed by atoms with Gasteiger partial charge in [-0.25, -0.2) is 0 Å². The average Bonchev–Trinajstić information content (AvgIpc) is 3.35. The molecule has 1 atom stereocenters. The molecule has 0 bridgehead atoms. The lowest BCUT2D eigenvalue weighted by Gasteiger charge is -2.49. The average molecular weight is 522 g/mol. The Labute approximate surface area is 222 Å². The van der Waals surface area contributed by atoms with Gasteiger partial charge in [0.05, 0.1) is 0 Å². The van der Waals surface area contributed by atoms with E-state index in [4.69, 9.17) is 16.0 Å². The number of nitrogens with one attached hydrogen (secondary N) is 1. The van der Waals surface area contributed by atoms with Crippen molar-refractivity contribution in [1.82, 2.24) is 10.2 Å². The predicted octanol–water partition coefficient (Wildman–Crippen LogP) is 6.42. The third-order valence-electron chi connectivity index (χ3n) is 7.21. The van der Waals surface area contributed by atoms with Crippen LogP contribution in [0.1, 0.15) is 56.7 Å². The Morgan fingerprint density at radius 3 is 2.35 bits per heavy atom. The number of piperidine rings is 1. The van der Waals surface area contributed by atoms with Crippen molar-refractivity contribution in [2.24, 2.45) is 10.6 Å². The van der Waals surface area contributed by atoms with Crippen molar-refractivity contribution in [1.29, 1.82) is 0 Å². The molecular formula is C29H32ClN3O4. The number of hydrogen-bond donors (Lipinski definition) is 1. The summed E-state index contributed by atoms with van der Waals surface area (Å²) in [6, 6.07) is 20.1. The van der Waals surface area contributed by atoms with Crippen LogP contribution in [-0.4, -0.2) is 35.3 Å². The number of carbonyl (C=O) groups is 2. The second-order valence-corrected chi connectivity index (χ2v) is 11.4. The van der Waals surface area contributed by atoms with Gasteiger partial charge in [-0.05, 0) is 50.1 Å². The maximum absolute atomic E-state index is 13.3. The Kier molecular flexibility index (Phi) is 7.29. The molecule has 0 aliphatic carbocycles. The van der Waals surface area contributed by atoms with E-state index in [9.17, 15) is 14.5 Å². The molecule has 1 N–H and O–H groups in total. The zero-order valence-corrected chi connectivity index (χ0v) is 22.3. The van der Waals surface area contributed by atoms with Crippen LogP contribution >= 0.6 is 11.6 Å². The van der Waals surface area contributed by atoms with Gasteiger partial charge in [0.15, 0.2) is 5.76 Å². The number of amides is 2. The fourth-order valence-electron chi connectivity index (χ4n) is 5.14.